The molecule has 0 radical (unpaired) electrons. The van der Waals surface area contributed by atoms with Gasteiger partial charge < -0.3 is 4.74 Å². The van der Waals surface area contributed by atoms with Crippen LogP contribution in [0.15, 0.2) is 63.7 Å². The summed E-state index contributed by atoms with van der Waals surface area (Å²) < 4.78 is 5.50. The number of hydrogen-bond acceptors (Lipinski definition) is 5. The zero-order valence-corrected chi connectivity index (χ0v) is 13.5. The van der Waals surface area contributed by atoms with Crippen LogP contribution in [0.2, 0.25) is 0 Å². The Morgan fingerprint density at radius 1 is 1.17 bits per heavy atom. The Morgan fingerprint density at radius 3 is 2.83 bits per heavy atom. The largest absolute Gasteiger partial charge is 0.496 e. The van der Waals surface area contributed by atoms with Gasteiger partial charge in [-0.1, -0.05) is 36.4 Å². The third-order valence-electron chi connectivity index (χ3n) is 4.58. The highest BCUT2D eigenvalue weighted by atomic mass is 32.2. The Balaban J connectivity index is 1.82. The predicted octanol–water partition coefficient (Wildman–Crippen LogP) is 3.97. The first kappa shape index (κ1) is 14.5. The molecule has 0 aromatic heterocycles. The third kappa shape index (κ3) is 2.10. The Kier molecular flexibility index (Phi) is 3.45. The summed E-state index contributed by atoms with van der Waals surface area (Å²) in [6.45, 7) is 0.523. The number of benzene rings is 2. The minimum absolute atomic E-state index is 0.0732. The number of hydrogen-bond donors (Lipinski definition) is 0. The lowest BCUT2D eigenvalue weighted by molar-refractivity contribution is 0.0888. The zero-order valence-electron chi connectivity index (χ0n) is 12.7. The average molecular weight is 324 g/mol. The minimum Gasteiger partial charge on any atom is -0.496 e. The normalized spacial score (nSPS) is 25.6. The van der Waals surface area contributed by atoms with Gasteiger partial charge in [0.15, 0.2) is 11.3 Å². The van der Waals surface area contributed by atoms with E-state index in [9.17, 15) is 4.79 Å². The molecule has 0 saturated heterocycles. The Labute approximate surface area is 139 Å². The van der Waals surface area contributed by atoms with Gasteiger partial charge in [0.25, 0.3) is 0 Å². The second-order valence-corrected chi connectivity index (χ2v) is 6.77. The second kappa shape index (κ2) is 5.49. The first-order chi connectivity index (χ1) is 11.3. The molecule has 0 amide bonds. The molecule has 2 aromatic carbocycles. The number of thioether (sulfide) groups is 1. The molecule has 116 valence electrons. The molecule has 0 fully saturated rings. The van der Waals surface area contributed by atoms with Gasteiger partial charge in [0.1, 0.15) is 5.75 Å². The summed E-state index contributed by atoms with van der Waals surface area (Å²) in [6.07, 6.45) is 0. The molecule has 0 aliphatic carbocycles. The van der Waals surface area contributed by atoms with E-state index in [2.05, 4.69) is 10.2 Å². The molecule has 0 saturated carbocycles. The van der Waals surface area contributed by atoms with Crippen LogP contribution in [0, 0.1) is 0 Å². The average Bonchev–Trinajstić information content (AvgIpc) is 3.03. The number of methoxy groups -OCH3 is 1. The molecular weight excluding hydrogens is 308 g/mol. The van der Waals surface area contributed by atoms with Crippen LogP contribution in [0.5, 0.6) is 5.75 Å². The Morgan fingerprint density at radius 2 is 1.96 bits per heavy atom. The van der Waals surface area contributed by atoms with Gasteiger partial charge in [0, 0.05) is 27.7 Å². The smallest absolute Gasteiger partial charge is 0.194 e. The highest BCUT2D eigenvalue weighted by Gasteiger charge is 2.53. The lowest BCUT2D eigenvalue weighted by Gasteiger charge is -2.34. The molecule has 2 aromatic rings. The van der Waals surface area contributed by atoms with Crippen molar-refractivity contribution < 1.29 is 9.53 Å². The maximum atomic E-state index is 13.2. The van der Waals surface area contributed by atoms with Crippen molar-refractivity contribution in [3.8, 4) is 5.75 Å². The van der Waals surface area contributed by atoms with Crippen molar-refractivity contribution in [2.75, 3.05) is 19.4 Å². The predicted molar refractivity (Wildman–Crippen MR) is 89.7 cm³/mol. The fraction of sp³-hybridized carbons (Fsp3) is 0.278. The van der Waals surface area contributed by atoms with Crippen LogP contribution in [-0.2, 0) is 0 Å². The molecule has 1 spiro atoms. The molecule has 23 heavy (non-hydrogen) atoms. The minimum atomic E-state index is -0.812. The summed E-state index contributed by atoms with van der Waals surface area (Å²) >= 11 is 1.69. The highest BCUT2D eigenvalue weighted by Crippen LogP contribution is 2.48. The number of carbonyl (C=O) groups excluding carboxylic acids is 1. The summed E-state index contributed by atoms with van der Waals surface area (Å²) in [6, 6.07) is 15.6. The van der Waals surface area contributed by atoms with Crippen LogP contribution < -0.4 is 4.74 Å². The van der Waals surface area contributed by atoms with Crippen LogP contribution in [0.1, 0.15) is 21.8 Å². The Hall–Kier alpha value is -2.14. The van der Waals surface area contributed by atoms with E-state index < -0.39 is 5.54 Å². The van der Waals surface area contributed by atoms with E-state index in [1.807, 2.05) is 48.5 Å². The van der Waals surface area contributed by atoms with Crippen molar-refractivity contribution in [2.24, 2.45) is 10.2 Å². The van der Waals surface area contributed by atoms with Crippen LogP contribution in [0.4, 0.5) is 0 Å². The number of nitrogens with zero attached hydrogens (tertiary/aromatic N) is 2. The number of fused-ring (bicyclic) bond motifs is 1. The van der Waals surface area contributed by atoms with Gasteiger partial charge in [0.2, 0.25) is 0 Å². The molecule has 4 nitrogen and oxygen atoms in total. The van der Waals surface area contributed by atoms with Crippen molar-refractivity contribution >= 4 is 17.5 Å². The van der Waals surface area contributed by atoms with Crippen LogP contribution in [0.3, 0.4) is 0 Å². The van der Waals surface area contributed by atoms with E-state index in [1.165, 1.54) is 0 Å². The molecule has 2 aliphatic rings. The maximum absolute atomic E-state index is 13.2. The topological polar surface area (TPSA) is 51.0 Å². The van der Waals surface area contributed by atoms with Crippen molar-refractivity contribution in [3.63, 3.8) is 0 Å². The summed E-state index contributed by atoms with van der Waals surface area (Å²) in [4.78, 5) is 14.2. The zero-order chi connectivity index (χ0) is 15.9. The second-order valence-electron chi connectivity index (χ2n) is 5.76. The molecule has 2 heterocycles. The lowest BCUT2D eigenvalue weighted by atomic mass is 9.76. The molecule has 0 N–H and O–H groups in total. The first-order valence-electron chi connectivity index (χ1n) is 7.54. The number of ether oxygens (including phenoxy) is 1. The first-order valence-corrected chi connectivity index (χ1v) is 8.53. The molecule has 5 heteroatoms. The number of para-hydroxylation sites is 1. The standard InChI is InChI=1S/C18H16N2O2S/c1-22-15-8-4-2-6-12(15)14-10-19-20-18(14)11-23-16-9-5-3-7-13(16)17(18)21/h2-9,14H,10-11H2,1H3. The van der Waals surface area contributed by atoms with E-state index >= 15 is 0 Å². The van der Waals surface area contributed by atoms with Gasteiger partial charge >= 0.3 is 0 Å². The lowest BCUT2D eigenvalue weighted by Crippen LogP contribution is -2.46. The van der Waals surface area contributed by atoms with E-state index in [0.717, 1.165) is 21.8 Å². The van der Waals surface area contributed by atoms with Crippen molar-refractivity contribution in [1.82, 2.24) is 0 Å². The molecular formula is C18H16N2O2S. The molecule has 4 rings (SSSR count). The Bertz CT molecular complexity index is 805. The van der Waals surface area contributed by atoms with E-state index in [1.54, 1.807) is 18.9 Å². The van der Waals surface area contributed by atoms with Gasteiger partial charge in [-0.15, -0.1) is 11.8 Å². The molecule has 2 aliphatic heterocycles. The number of Topliss-reactive ketones (excluding diaryl/α,β-unsaturated/α-hetero) is 1. The van der Waals surface area contributed by atoms with Gasteiger partial charge in [0.05, 0.1) is 13.7 Å². The van der Waals surface area contributed by atoms with Gasteiger partial charge in [-0.2, -0.15) is 10.2 Å². The fourth-order valence-electron chi connectivity index (χ4n) is 3.38. The third-order valence-corrected chi connectivity index (χ3v) is 5.83. The number of ketones is 1. The summed E-state index contributed by atoms with van der Waals surface area (Å²) in [5, 5.41) is 8.69. The van der Waals surface area contributed by atoms with Crippen molar-refractivity contribution in [2.45, 2.75) is 16.4 Å². The van der Waals surface area contributed by atoms with E-state index in [0.29, 0.717) is 12.3 Å². The van der Waals surface area contributed by atoms with Gasteiger partial charge in [-0.25, -0.2) is 0 Å². The summed E-state index contributed by atoms with van der Waals surface area (Å²) in [5.41, 5.74) is 0.950. The highest BCUT2D eigenvalue weighted by molar-refractivity contribution is 7.99. The van der Waals surface area contributed by atoms with E-state index in [-0.39, 0.29) is 11.7 Å². The van der Waals surface area contributed by atoms with Crippen LogP contribution in [0.25, 0.3) is 0 Å². The van der Waals surface area contributed by atoms with Gasteiger partial charge in [-0.3, -0.25) is 4.79 Å². The van der Waals surface area contributed by atoms with Crippen molar-refractivity contribution in [3.05, 3.63) is 59.7 Å². The number of rotatable bonds is 2. The van der Waals surface area contributed by atoms with Crippen LogP contribution in [-0.4, -0.2) is 30.7 Å². The fourth-order valence-corrected chi connectivity index (χ4v) is 4.64. The van der Waals surface area contributed by atoms with Crippen LogP contribution >= 0.6 is 11.8 Å². The van der Waals surface area contributed by atoms with Gasteiger partial charge in [-0.05, 0) is 12.1 Å². The molecule has 0 bridgehead atoms. The number of azo groups is 1. The molecule has 2 atom stereocenters. The summed E-state index contributed by atoms with van der Waals surface area (Å²) in [7, 11) is 1.65. The summed E-state index contributed by atoms with van der Waals surface area (Å²) in [5.74, 6) is 1.41. The van der Waals surface area contributed by atoms with Crippen molar-refractivity contribution in [1.29, 1.82) is 0 Å². The monoisotopic (exact) mass is 324 g/mol. The maximum Gasteiger partial charge on any atom is 0.194 e. The quantitative estimate of drug-likeness (QED) is 0.840. The SMILES string of the molecule is COc1ccccc1C1CN=NC12CSc1ccccc1C2=O. The molecule has 2 unspecified atom stereocenters. The van der Waals surface area contributed by atoms with E-state index in [4.69, 9.17) is 4.74 Å². The number of carbonyl (C=O) groups is 1.